The molecule has 4 rings (SSSR count). The Hall–Kier alpha value is -3.82. The number of rotatable bonds is 7. The van der Waals surface area contributed by atoms with E-state index in [-0.39, 0.29) is 28.3 Å². The quantitative estimate of drug-likeness (QED) is 0.403. The van der Waals surface area contributed by atoms with Crippen molar-refractivity contribution >= 4 is 33.4 Å². The number of fused-ring (bicyclic) bond motifs is 1. The average Bonchev–Trinajstić information content (AvgIpc) is 3.56. The van der Waals surface area contributed by atoms with Crippen molar-refractivity contribution in [2.24, 2.45) is 0 Å². The number of hydrogen-bond donors (Lipinski definition) is 3. The standard InChI is InChI=1S/C25H23F6N3O6S/c1-41(39,40)17-8-9-18-13(10-17)12-34(22(37)38)20(18)21(36)33-16-4-2-14(3-5-16)23(24(26,27)28,25(29,30)31)11-19(35)32-15-6-7-15/h2-5,8-10,15,20H,6-7,11-12H2,1H3,(H,32,35)(H,33,36)(H,37,38). The van der Waals surface area contributed by atoms with Gasteiger partial charge in [-0.15, -0.1) is 0 Å². The summed E-state index contributed by atoms with van der Waals surface area (Å²) in [7, 11) is -3.65. The lowest BCUT2D eigenvalue weighted by Gasteiger charge is -2.37. The zero-order chi connectivity index (χ0) is 30.5. The van der Waals surface area contributed by atoms with E-state index >= 15 is 0 Å². The largest absolute Gasteiger partial charge is 0.465 e. The molecule has 1 atom stereocenters. The maximum Gasteiger partial charge on any atom is 0.408 e. The van der Waals surface area contributed by atoms with Gasteiger partial charge in [0.1, 0.15) is 6.04 Å². The first-order valence-corrected chi connectivity index (χ1v) is 13.9. The van der Waals surface area contributed by atoms with Gasteiger partial charge in [0.2, 0.25) is 5.91 Å². The van der Waals surface area contributed by atoms with Crippen LogP contribution in [0.5, 0.6) is 0 Å². The van der Waals surface area contributed by atoms with E-state index in [1.807, 2.05) is 0 Å². The van der Waals surface area contributed by atoms with E-state index in [0.717, 1.165) is 18.4 Å². The molecule has 3 amide bonds. The van der Waals surface area contributed by atoms with E-state index in [1.54, 1.807) is 0 Å². The number of alkyl halides is 6. The van der Waals surface area contributed by atoms with E-state index in [1.165, 1.54) is 18.2 Å². The van der Waals surface area contributed by atoms with E-state index in [4.69, 9.17) is 0 Å². The van der Waals surface area contributed by atoms with Crippen LogP contribution in [0.2, 0.25) is 0 Å². The number of nitrogens with zero attached hydrogens (tertiary/aromatic N) is 1. The van der Waals surface area contributed by atoms with Crippen LogP contribution in [0.25, 0.3) is 0 Å². The number of benzene rings is 2. The number of carbonyl (C=O) groups is 3. The van der Waals surface area contributed by atoms with Crippen molar-refractivity contribution in [2.75, 3.05) is 11.6 Å². The zero-order valence-electron chi connectivity index (χ0n) is 21.1. The number of nitrogens with one attached hydrogen (secondary N) is 2. The van der Waals surface area contributed by atoms with Crippen LogP contribution in [-0.4, -0.2) is 61.0 Å². The second kappa shape index (κ2) is 10.2. The van der Waals surface area contributed by atoms with Crippen molar-refractivity contribution in [3.63, 3.8) is 0 Å². The summed E-state index contributed by atoms with van der Waals surface area (Å²) in [6.45, 7) is -0.340. The van der Waals surface area contributed by atoms with Gasteiger partial charge in [-0.3, -0.25) is 14.5 Å². The molecule has 1 heterocycles. The van der Waals surface area contributed by atoms with Crippen LogP contribution in [-0.2, 0) is 31.4 Å². The van der Waals surface area contributed by atoms with Crippen molar-refractivity contribution < 1.29 is 54.3 Å². The average molecular weight is 608 g/mol. The molecule has 3 N–H and O–H groups in total. The molecule has 0 saturated heterocycles. The van der Waals surface area contributed by atoms with Crippen LogP contribution in [0.1, 0.15) is 42.0 Å². The monoisotopic (exact) mass is 607 g/mol. The number of hydrogen-bond acceptors (Lipinski definition) is 5. The predicted molar refractivity (Wildman–Crippen MR) is 131 cm³/mol. The Balaban J connectivity index is 1.63. The molecule has 222 valence electrons. The van der Waals surface area contributed by atoms with Crippen molar-refractivity contribution in [3.05, 3.63) is 59.2 Å². The Kier molecular flexibility index (Phi) is 7.52. The van der Waals surface area contributed by atoms with Crippen molar-refractivity contribution in [3.8, 4) is 0 Å². The van der Waals surface area contributed by atoms with Gasteiger partial charge in [0, 0.05) is 18.0 Å². The molecule has 2 aromatic carbocycles. The fourth-order valence-corrected chi connectivity index (χ4v) is 5.38. The number of sulfone groups is 1. The minimum atomic E-state index is -5.91. The summed E-state index contributed by atoms with van der Waals surface area (Å²) in [6.07, 6.45) is -13.4. The highest BCUT2D eigenvalue weighted by atomic mass is 32.2. The number of carboxylic acid groups (broad SMARTS) is 1. The molecule has 1 aliphatic carbocycles. The van der Waals surface area contributed by atoms with Crippen LogP contribution >= 0.6 is 0 Å². The van der Waals surface area contributed by atoms with Gasteiger partial charge >= 0.3 is 18.4 Å². The molecule has 16 heteroatoms. The molecule has 0 spiro atoms. The molecule has 2 aliphatic rings. The second-order valence-corrected chi connectivity index (χ2v) is 11.9. The molecule has 1 aliphatic heterocycles. The first-order valence-electron chi connectivity index (χ1n) is 12.0. The van der Waals surface area contributed by atoms with Gasteiger partial charge in [0.25, 0.3) is 5.91 Å². The van der Waals surface area contributed by atoms with Gasteiger partial charge in [-0.1, -0.05) is 18.2 Å². The summed E-state index contributed by atoms with van der Waals surface area (Å²) < 4.78 is 108. The topological polar surface area (TPSA) is 133 Å². The SMILES string of the molecule is CS(=O)(=O)c1ccc2c(c1)CN(C(=O)O)C2C(=O)Nc1ccc(C(CC(=O)NC2CC2)(C(F)(F)F)C(F)(F)F)cc1. The van der Waals surface area contributed by atoms with Gasteiger partial charge in [0.05, 0.1) is 17.9 Å². The Morgan fingerprint density at radius 1 is 0.976 bits per heavy atom. The van der Waals surface area contributed by atoms with Crippen LogP contribution in [0.15, 0.2) is 47.4 Å². The van der Waals surface area contributed by atoms with Crippen molar-refractivity contribution in [1.82, 2.24) is 10.2 Å². The van der Waals surface area contributed by atoms with Gasteiger partial charge in [-0.05, 0) is 53.8 Å². The highest BCUT2D eigenvalue weighted by molar-refractivity contribution is 7.90. The minimum absolute atomic E-state index is 0.109. The highest BCUT2D eigenvalue weighted by Crippen LogP contribution is 2.54. The van der Waals surface area contributed by atoms with E-state index in [0.29, 0.717) is 29.9 Å². The van der Waals surface area contributed by atoms with E-state index in [9.17, 15) is 54.3 Å². The highest BCUT2D eigenvalue weighted by Gasteiger charge is 2.72. The molecule has 1 unspecified atom stereocenters. The molecule has 41 heavy (non-hydrogen) atoms. The number of halogens is 6. The van der Waals surface area contributed by atoms with Gasteiger partial charge in [0.15, 0.2) is 15.3 Å². The Bertz CT molecular complexity index is 1470. The smallest absolute Gasteiger partial charge is 0.408 e. The Morgan fingerprint density at radius 2 is 1.56 bits per heavy atom. The summed E-state index contributed by atoms with van der Waals surface area (Å²) in [5, 5.41) is 14.0. The fourth-order valence-electron chi connectivity index (χ4n) is 4.71. The van der Waals surface area contributed by atoms with Crippen molar-refractivity contribution in [2.45, 2.75) is 60.6 Å². The molecule has 2 aromatic rings. The lowest BCUT2D eigenvalue weighted by Crippen LogP contribution is -2.56. The third kappa shape index (κ3) is 5.83. The lowest BCUT2D eigenvalue weighted by atomic mass is 9.75. The Labute approximate surface area is 229 Å². The maximum atomic E-state index is 14.1. The summed E-state index contributed by atoms with van der Waals surface area (Å²) in [5.74, 6) is -2.39. The first-order chi connectivity index (χ1) is 18.8. The molecule has 0 radical (unpaired) electrons. The summed E-state index contributed by atoms with van der Waals surface area (Å²) in [4.78, 5) is 37.6. The van der Waals surface area contributed by atoms with E-state index in [2.05, 4.69) is 10.6 Å². The van der Waals surface area contributed by atoms with Crippen LogP contribution < -0.4 is 10.6 Å². The van der Waals surface area contributed by atoms with Crippen LogP contribution in [0, 0.1) is 0 Å². The number of carbonyl (C=O) groups excluding carboxylic acids is 2. The molecule has 0 aromatic heterocycles. The summed E-state index contributed by atoms with van der Waals surface area (Å²) in [6, 6.07) is 4.27. The molecular formula is C25H23F6N3O6S. The first kappa shape index (κ1) is 30.1. The van der Waals surface area contributed by atoms with Gasteiger partial charge in [-0.25, -0.2) is 13.2 Å². The molecule has 1 saturated carbocycles. The zero-order valence-corrected chi connectivity index (χ0v) is 22.0. The van der Waals surface area contributed by atoms with Crippen LogP contribution in [0.4, 0.5) is 36.8 Å². The van der Waals surface area contributed by atoms with Gasteiger partial charge < -0.3 is 15.7 Å². The van der Waals surface area contributed by atoms with Gasteiger partial charge in [-0.2, -0.15) is 26.3 Å². The normalized spacial score (nSPS) is 17.6. The fraction of sp³-hybridized carbons (Fsp3) is 0.400. The second-order valence-electron chi connectivity index (χ2n) is 9.93. The third-order valence-electron chi connectivity index (χ3n) is 6.96. The van der Waals surface area contributed by atoms with Crippen molar-refractivity contribution in [1.29, 1.82) is 0 Å². The van der Waals surface area contributed by atoms with Crippen LogP contribution in [0.3, 0.4) is 0 Å². The summed E-state index contributed by atoms with van der Waals surface area (Å²) >= 11 is 0. The predicted octanol–water partition coefficient (Wildman–Crippen LogP) is 4.29. The Morgan fingerprint density at radius 3 is 2.05 bits per heavy atom. The molecule has 9 nitrogen and oxygen atoms in total. The maximum absolute atomic E-state index is 14.1. The molecule has 1 fully saturated rings. The van der Waals surface area contributed by atoms with E-state index < -0.39 is 69.6 Å². The number of amides is 3. The minimum Gasteiger partial charge on any atom is -0.465 e. The summed E-state index contributed by atoms with van der Waals surface area (Å²) in [5.41, 5.74) is -5.65. The number of anilines is 1. The third-order valence-corrected chi connectivity index (χ3v) is 8.08. The molecule has 0 bridgehead atoms. The molecular weight excluding hydrogens is 584 g/mol. The lowest BCUT2D eigenvalue weighted by molar-refractivity contribution is -0.303.